The Bertz CT molecular complexity index is 296. The summed E-state index contributed by atoms with van der Waals surface area (Å²) < 4.78 is 26.1. The lowest BCUT2D eigenvalue weighted by Gasteiger charge is -2.22. The average Bonchev–Trinajstić information content (AvgIpc) is 2.27. The summed E-state index contributed by atoms with van der Waals surface area (Å²) in [5.74, 6) is 1.41. The molecule has 1 heterocycles. The highest BCUT2D eigenvalue weighted by molar-refractivity contribution is 7.89. The maximum absolute atomic E-state index is 11.7. The molecule has 1 aliphatic rings. The van der Waals surface area contributed by atoms with Crippen LogP contribution in [0.1, 0.15) is 39.5 Å². The quantitative estimate of drug-likeness (QED) is 0.728. The molecule has 2 N–H and O–H groups in total. The van der Waals surface area contributed by atoms with Gasteiger partial charge in [0.05, 0.1) is 5.75 Å². The van der Waals surface area contributed by atoms with Crippen LogP contribution in [0.4, 0.5) is 0 Å². The van der Waals surface area contributed by atoms with Crippen molar-refractivity contribution in [2.75, 3.05) is 25.4 Å². The molecular weight excluding hydrogens is 236 g/mol. The molecule has 0 bridgehead atoms. The molecule has 0 saturated carbocycles. The van der Waals surface area contributed by atoms with E-state index >= 15 is 0 Å². The second-order valence-corrected chi connectivity index (χ2v) is 7.30. The van der Waals surface area contributed by atoms with E-state index < -0.39 is 10.0 Å². The van der Waals surface area contributed by atoms with E-state index in [1.807, 2.05) is 0 Å². The van der Waals surface area contributed by atoms with E-state index in [0.29, 0.717) is 18.4 Å². The van der Waals surface area contributed by atoms with Crippen LogP contribution < -0.4 is 10.0 Å². The SMILES string of the molecule is CC(C)CCNS(=O)(=O)CCC1CCNCC1. The molecule has 1 fully saturated rings. The molecule has 1 saturated heterocycles. The van der Waals surface area contributed by atoms with Crippen LogP contribution in [0.2, 0.25) is 0 Å². The first-order valence-corrected chi connectivity index (χ1v) is 8.33. The molecule has 1 rings (SSSR count). The van der Waals surface area contributed by atoms with Gasteiger partial charge in [-0.2, -0.15) is 0 Å². The van der Waals surface area contributed by atoms with Gasteiger partial charge in [-0.15, -0.1) is 0 Å². The van der Waals surface area contributed by atoms with Crippen LogP contribution in [0.25, 0.3) is 0 Å². The first-order valence-electron chi connectivity index (χ1n) is 6.67. The molecule has 17 heavy (non-hydrogen) atoms. The van der Waals surface area contributed by atoms with Crippen LogP contribution in [0.3, 0.4) is 0 Å². The van der Waals surface area contributed by atoms with E-state index in [0.717, 1.165) is 38.8 Å². The summed E-state index contributed by atoms with van der Waals surface area (Å²) in [4.78, 5) is 0. The van der Waals surface area contributed by atoms with Crippen LogP contribution in [-0.2, 0) is 10.0 Å². The number of rotatable bonds is 7. The molecule has 0 aromatic rings. The zero-order chi connectivity index (χ0) is 12.7. The van der Waals surface area contributed by atoms with Gasteiger partial charge in [-0.05, 0) is 50.6 Å². The normalized spacial score (nSPS) is 18.8. The van der Waals surface area contributed by atoms with Crippen LogP contribution in [-0.4, -0.2) is 33.8 Å². The molecule has 0 unspecified atom stereocenters. The molecule has 5 heteroatoms. The Balaban J connectivity index is 2.19. The van der Waals surface area contributed by atoms with Crippen LogP contribution in [0.5, 0.6) is 0 Å². The van der Waals surface area contributed by atoms with Crippen molar-refractivity contribution in [3.05, 3.63) is 0 Å². The first kappa shape index (κ1) is 14.9. The van der Waals surface area contributed by atoms with E-state index in [-0.39, 0.29) is 5.75 Å². The minimum Gasteiger partial charge on any atom is -0.317 e. The van der Waals surface area contributed by atoms with Gasteiger partial charge in [0, 0.05) is 6.54 Å². The summed E-state index contributed by atoms with van der Waals surface area (Å²) in [6.45, 7) is 6.84. The topological polar surface area (TPSA) is 58.2 Å². The average molecular weight is 262 g/mol. The van der Waals surface area contributed by atoms with Crippen LogP contribution in [0, 0.1) is 11.8 Å². The van der Waals surface area contributed by atoms with Gasteiger partial charge >= 0.3 is 0 Å². The molecule has 4 nitrogen and oxygen atoms in total. The maximum atomic E-state index is 11.7. The van der Waals surface area contributed by atoms with Crippen LogP contribution in [0.15, 0.2) is 0 Å². The molecule has 0 aromatic carbocycles. The van der Waals surface area contributed by atoms with Gasteiger partial charge in [0.1, 0.15) is 0 Å². The zero-order valence-electron chi connectivity index (χ0n) is 11.0. The summed E-state index contributed by atoms with van der Waals surface area (Å²) in [6, 6.07) is 0. The Morgan fingerprint density at radius 3 is 2.53 bits per heavy atom. The fourth-order valence-corrected chi connectivity index (χ4v) is 3.28. The van der Waals surface area contributed by atoms with Crippen molar-refractivity contribution in [3.8, 4) is 0 Å². The lowest BCUT2D eigenvalue weighted by molar-refractivity contribution is 0.365. The van der Waals surface area contributed by atoms with Gasteiger partial charge < -0.3 is 5.32 Å². The van der Waals surface area contributed by atoms with Crippen molar-refractivity contribution in [2.45, 2.75) is 39.5 Å². The van der Waals surface area contributed by atoms with Crippen molar-refractivity contribution in [3.63, 3.8) is 0 Å². The molecule has 0 aromatic heterocycles. The van der Waals surface area contributed by atoms with E-state index in [1.54, 1.807) is 0 Å². The Labute approximate surface area is 106 Å². The lowest BCUT2D eigenvalue weighted by atomic mass is 9.96. The van der Waals surface area contributed by atoms with Crippen molar-refractivity contribution in [2.24, 2.45) is 11.8 Å². The van der Waals surface area contributed by atoms with E-state index in [9.17, 15) is 8.42 Å². The summed E-state index contributed by atoms with van der Waals surface area (Å²) in [7, 11) is -3.05. The van der Waals surface area contributed by atoms with E-state index in [4.69, 9.17) is 0 Å². The predicted octanol–water partition coefficient (Wildman–Crippen LogP) is 1.34. The molecule has 0 atom stereocenters. The summed E-state index contributed by atoms with van der Waals surface area (Å²) in [5, 5.41) is 3.29. The molecule has 0 radical (unpaired) electrons. The minimum absolute atomic E-state index is 0.287. The summed E-state index contributed by atoms with van der Waals surface area (Å²) in [6.07, 6.45) is 3.94. The first-order chi connectivity index (χ1) is 7.99. The second-order valence-electron chi connectivity index (χ2n) is 5.38. The Hall–Kier alpha value is -0.130. The number of piperidine rings is 1. The van der Waals surface area contributed by atoms with Gasteiger partial charge in [0.25, 0.3) is 0 Å². The zero-order valence-corrected chi connectivity index (χ0v) is 11.9. The fourth-order valence-electron chi connectivity index (χ4n) is 2.07. The molecular formula is C12H26N2O2S. The molecule has 102 valence electrons. The van der Waals surface area contributed by atoms with Gasteiger partial charge in [-0.3, -0.25) is 0 Å². The Morgan fingerprint density at radius 2 is 1.94 bits per heavy atom. The van der Waals surface area contributed by atoms with Gasteiger partial charge in [-0.1, -0.05) is 13.8 Å². The van der Waals surface area contributed by atoms with E-state index in [1.165, 1.54) is 0 Å². The van der Waals surface area contributed by atoms with Crippen molar-refractivity contribution >= 4 is 10.0 Å². The Kier molecular flexibility index (Phi) is 6.44. The summed E-state index contributed by atoms with van der Waals surface area (Å²) >= 11 is 0. The highest BCUT2D eigenvalue weighted by Gasteiger charge is 2.17. The second kappa shape index (κ2) is 7.34. The molecule has 0 aliphatic carbocycles. The van der Waals surface area contributed by atoms with Crippen molar-refractivity contribution < 1.29 is 8.42 Å². The summed E-state index contributed by atoms with van der Waals surface area (Å²) in [5.41, 5.74) is 0. The van der Waals surface area contributed by atoms with Crippen LogP contribution >= 0.6 is 0 Å². The number of sulfonamides is 1. The molecule has 0 spiro atoms. The third-order valence-electron chi connectivity index (χ3n) is 3.30. The predicted molar refractivity (Wildman–Crippen MR) is 71.5 cm³/mol. The molecule has 1 aliphatic heterocycles. The van der Waals surface area contributed by atoms with Gasteiger partial charge in [0.15, 0.2) is 0 Å². The van der Waals surface area contributed by atoms with Crippen molar-refractivity contribution in [1.82, 2.24) is 10.0 Å². The van der Waals surface area contributed by atoms with Gasteiger partial charge in [-0.25, -0.2) is 13.1 Å². The monoisotopic (exact) mass is 262 g/mol. The number of nitrogens with one attached hydrogen (secondary N) is 2. The fraction of sp³-hybridized carbons (Fsp3) is 1.00. The highest BCUT2D eigenvalue weighted by atomic mass is 32.2. The molecule has 0 amide bonds. The largest absolute Gasteiger partial charge is 0.317 e. The standard InChI is InChI=1S/C12H26N2O2S/c1-11(2)3-9-14-17(15,16)10-6-12-4-7-13-8-5-12/h11-14H,3-10H2,1-2H3. The minimum atomic E-state index is -3.05. The number of hydrogen-bond acceptors (Lipinski definition) is 3. The third-order valence-corrected chi connectivity index (χ3v) is 4.71. The van der Waals surface area contributed by atoms with Gasteiger partial charge in [0.2, 0.25) is 10.0 Å². The number of hydrogen-bond donors (Lipinski definition) is 2. The highest BCUT2D eigenvalue weighted by Crippen LogP contribution is 2.16. The Morgan fingerprint density at radius 1 is 1.29 bits per heavy atom. The lowest BCUT2D eigenvalue weighted by Crippen LogP contribution is -2.32. The van der Waals surface area contributed by atoms with Crippen molar-refractivity contribution in [1.29, 1.82) is 0 Å². The van der Waals surface area contributed by atoms with E-state index in [2.05, 4.69) is 23.9 Å². The maximum Gasteiger partial charge on any atom is 0.211 e. The third kappa shape index (κ3) is 7.01. The smallest absolute Gasteiger partial charge is 0.211 e.